The van der Waals surface area contributed by atoms with E-state index in [1.165, 1.54) is 12.1 Å². The molecule has 0 saturated carbocycles. The fourth-order valence-corrected chi connectivity index (χ4v) is 2.86. The number of nitro benzene ring substituents is 1. The second-order valence-electron chi connectivity index (χ2n) is 4.21. The van der Waals surface area contributed by atoms with Crippen LogP contribution in [0.5, 0.6) is 0 Å². The number of rotatable bonds is 2. The van der Waals surface area contributed by atoms with Gasteiger partial charge in [-0.05, 0) is 0 Å². The molecule has 102 valence electrons. The third-order valence-corrected chi connectivity index (χ3v) is 3.79. The number of carbonyl (C=O) groups is 1. The number of hydrazone groups is 1. The van der Waals surface area contributed by atoms with Crippen LogP contribution in [0.15, 0.2) is 40.5 Å². The quantitative estimate of drug-likeness (QED) is 0.654. The van der Waals surface area contributed by atoms with Gasteiger partial charge in [0.15, 0.2) is 5.84 Å². The Morgan fingerprint density at radius 1 is 1.45 bits per heavy atom. The molecule has 2 aliphatic heterocycles. The molecule has 1 aromatic carbocycles. The standard InChI is InChI=1S/C12H10N4O3S/c17-12-10-7-20-5-4-15(10)11(13-14-12)8-2-1-3-9(6-8)16(18)19/h1-3,6-7H,4-5H2,(H,14,17). The summed E-state index contributed by atoms with van der Waals surface area (Å²) in [7, 11) is 0. The van der Waals surface area contributed by atoms with Gasteiger partial charge in [0, 0.05) is 35.4 Å². The summed E-state index contributed by atoms with van der Waals surface area (Å²) < 4.78 is 0. The van der Waals surface area contributed by atoms with Crippen molar-refractivity contribution in [1.82, 2.24) is 10.3 Å². The first-order valence-corrected chi connectivity index (χ1v) is 6.94. The number of amides is 1. The summed E-state index contributed by atoms with van der Waals surface area (Å²) >= 11 is 1.56. The molecule has 20 heavy (non-hydrogen) atoms. The van der Waals surface area contributed by atoms with Gasteiger partial charge < -0.3 is 4.90 Å². The van der Waals surface area contributed by atoms with E-state index in [-0.39, 0.29) is 11.6 Å². The average molecular weight is 290 g/mol. The molecular formula is C12H10N4O3S. The fraction of sp³-hybridized carbons (Fsp3) is 0.167. The van der Waals surface area contributed by atoms with Crippen LogP contribution in [-0.4, -0.2) is 33.9 Å². The zero-order valence-corrected chi connectivity index (χ0v) is 11.1. The van der Waals surface area contributed by atoms with Crippen molar-refractivity contribution in [3.05, 3.63) is 51.0 Å². The molecule has 0 saturated heterocycles. The summed E-state index contributed by atoms with van der Waals surface area (Å²) in [5, 5.41) is 16.7. The predicted octanol–water partition coefficient (Wildman–Crippen LogP) is 1.28. The second kappa shape index (κ2) is 4.97. The lowest BCUT2D eigenvalue weighted by molar-refractivity contribution is -0.384. The number of carbonyl (C=O) groups excluding carboxylic acids is 1. The van der Waals surface area contributed by atoms with Crippen molar-refractivity contribution in [1.29, 1.82) is 0 Å². The Labute approximate surface area is 118 Å². The Kier molecular flexibility index (Phi) is 3.15. The molecule has 1 aromatic rings. The molecule has 3 rings (SSSR count). The van der Waals surface area contributed by atoms with Gasteiger partial charge in [-0.15, -0.1) is 11.8 Å². The topological polar surface area (TPSA) is 87.8 Å². The molecule has 0 atom stereocenters. The molecule has 0 aromatic heterocycles. The minimum Gasteiger partial charge on any atom is -0.319 e. The minimum absolute atomic E-state index is 0.000913. The molecule has 2 heterocycles. The van der Waals surface area contributed by atoms with Gasteiger partial charge in [-0.3, -0.25) is 14.9 Å². The molecule has 0 bridgehead atoms. The van der Waals surface area contributed by atoms with E-state index in [0.717, 1.165) is 5.75 Å². The lowest BCUT2D eigenvalue weighted by Gasteiger charge is -2.32. The van der Waals surface area contributed by atoms with E-state index >= 15 is 0 Å². The third kappa shape index (κ3) is 2.14. The van der Waals surface area contributed by atoms with Crippen LogP contribution in [0.2, 0.25) is 0 Å². The van der Waals surface area contributed by atoms with Crippen molar-refractivity contribution in [2.75, 3.05) is 12.3 Å². The van der Waals surface area contributed by atoms with E-state index in [4.69, 9.17) is 0 Å². The first-order chi connectivity index (χ1) is 9.66. The van der Waals surface area contributed by atoms with Gasteiger partial charge in [0.1, 0.15) is 5.70 Å². The van der Waals surface area contributed by atoms with E-state index < -0.39 is 4.92 Å². The lowest BCUT2D eigenvalue weighted by atomic mass is 10.1. The molecule has 7 nitrogen and oxygen atoms in total. The summed E-state index contributed by atoms with van der Waals surface area (Å²) in [5.74, 6) is 1.11. The fourth-order valence-electron chi connectivity index (χ4n) is 2.06. The van der Waals surface area contributed by atoms with Crippen LogP contribution in [0.1, 0.15) is 5.56 Å². The van der Waals surface area contributed by atoms with Crippen molar-refractivity contribution >= 4 is 29.2 Å². The molecule has 0 spiro atoms. The second-order valence-corrected chi connectivity index (χ2v) is 5.19. The number of fused-ring (bicyclic) bond motifs is 1. The highest BCUT2D eigenvalue weighted by atomic mass is 32.2. The van der Waals surface area contributed by atoms with Gasteiger partial charge in [-0.2, -0.15) is 5.10 Å². The van der Waals surface area contributed by atoms with Crippen LogP contribution in [0.4, 0.5) is 5.69 Å². The average Bonchev–Trinajstić information content (AvgIpc) is 2.48. The van der Waals surface area contributed by atoms with E-state index in [1.54, 1.807) is 34.2 Å². The van der Waals surface area contributed by atoms with Crippen molar-refractivity contribution in [2.45, 2.75) is 0 Å². The predicted molar refractivity (Wildman–Crippen MR) is 75.0 cm³/mol. The van der Waals surface area contributed by atoms with Gasteiger partial charge in [0.2, 0.25) is 0 Å². The van der Waals surface area contributed by atoms with Gasteiger partial charge in [-0.1, -0.05) is 12.1 Å². The molecule has 2 aliphatic rings. The number of nitrogens with one attached hydrogen (secondary N) is 1. The lowest BCUT2D eigenvalue weighted by Crippen LogP contribution is -2.45. The molecular weight excluding hydrogens is 280 g/mol. The van der Waals surface area contributed by atoms with Crippen LogP contribution in [-0.2, 0) is 4.79 Å². The maximum atomic E-state index is 11.7. The van der Waals surface area contributed by atoms with Crippen LogP contribution in [0.25, 0.3) is 0 Å². The number of nitrogens with zero attached hydrogens (tertiary/aromatic N) is 3. The minimum atomic E-state index is -0.450. The highest BCUT2D eigenvalue weighted by molar-refractivity contribution is 8.02. The zero-order chi connectivity index (χ0) is 14.1. The first kappa shape index (κ1) is 12.7. The molecule has 8 heteroatoms. The highest BCUT2D eigenvalue weighted by Gasteiger charge is 2.29. The Morgan fingerprint density at radius 2 is 2.30 bits per heavy atom. The maximum Gasteiger partial charge on any atom is 0.288 e. The molecule has 0 fully saturated rings. The van der Waals surface area contributed by atoms with Crippen LogP contribution >= 0.6 is 11.8 Å². The summed E-state index contributed by atoms with van der Waals surface area (Å²) in [6.45, 7) is 0.644. The van der Waals surface area contributed by atoms with E-state index in [2.05, 4.69) is 10.5 Å². The van der Waals surface area contributed by atoms with Crippen molar-refractivity contribution in [3.8, 4) is 0 Å². The summed E-state index contributed by atoms with van der Waals surface area (Å²) in [5.41, 5.74) is 3.57. The van der Waals surface area contributed by atoms with Crippen molar-refractivity contribution < 1.29 is 9.72 Å². The summed E-state index contributed by atoms with van der Waals surface area (Å²) in [6, 6.07) is 6.22. The molecule has 0 unspecified atom stereocenters. The van der Waals surface area contributed by atoms with Crippen LogP contribution < -0.4 is 5.43 Å². The third-order valence-electron chi connectivity index (χ3n) is 2.99. The number of hydrogen-bond acceptors (Lipinski definition) is 6. The number of benzene rings is 1. The normalized spacial score (nSPS) is 17.8. The first-order valence-electron chi connectivity index (χ1n) is 5.89. The molecule has 0 radical (unpaired) electrons. The SMILES string of the molecule is O=C1NN=C(c2cccc([N+](=O)[O-])c2)N2CCSC=C12. The molecule has 0 aliphatic carbocycles. The van der Waals surface area contributed by atoms with E-state index in [1.807, 2.05) is 0 Å². The Bertz CT molecular complexity index is 656. The molecule has 1 amide bonds. The Hall–Kier alpha value is -2.35. The smallest absolute Gasteiger partial charge is 0.288 e. The van der Waals surface area contributed by atoms with Gasteiger partial charge >= 0.3 is 0 Å². The van der Waals surface area contributed by atoms with E-state index in [9.17, 15) is 14.9 Å². The van der Waals surface area contributed by atoms with Gasteiger partial charge in [0.25, 0.3) is 11.6 Å². The highest BCUT2D eigenvalue weighted by Crippen LogP contribution is 2.25. The maximum absolute atomic E-state index is 11.7. The summed E-state index contributed by atoms with van der Waals surface area (Å²) in [4.78, 5) is 23.9. The van der Waals surface area contributed by atoms with Crippen molar-refractivity contribution in [3.63, 3.8) is 0 Å². The number of thioether (sulfide) groups is 1. The number of hydrogen-bond donors (Lipinski definition) is 1. The van der Waals surface area contributed by atoms with Gasteiger partial charge in [-0.25, -0.2) is 5.43 Å². The Balaban J connectivity index is 2.03. The number of nitro groups is 1. The van der Waals surface area contributed by atoms with Gasteiger partial charge in [0.05, 0.1) is 4.92 Å². The van der Waals surface area contributed by atoms with E-state index in [0.29, 0.717) is 23.6 Å². The van der Waals surface area contributed by atoms with Crippen LogP contribution in [0, 0.1) is 10.1 Å². The number of amidine groups is 1. The zero-order valence-electron chi connectivity index (χ0n) is 10.3. The van der Waals surface area contributed by atoms with Crippen LogP contribution in [0.3, 0.4) is 0 Å². The largest absolute Gasteiger partial charge is 0.319 e. The van der Waals surface area contributed by atoms with Crippen molar-refractivity contribution in [2.24, 2.45) is 5.10 Å². The number of non-ortho nitro benzene ring substituents is 1. The summed E-state index contributed by atoms with van der Waals surface area (Å²) in [6.07, 6.45) is 0. The molecule has 1 N–H and O–H groups in total. The Morgan fingerprint density at radius 3 is 3.10 bits per heavy atom. The monoisotopic (exact) mass is 290 g/mol.